The van der Waals surface area contributed by atoms with E-state index >= 15 is 0 Å². The van der Waals surface area contributed by atoms with E-state index in [1.807, 2.05) is 27.7 Å². The van der Waals surface area contributed by atoms with E-state index in [2.05, 4.69) is 53.8 Å². The van der Waals surface area contributed by atoms with E-state index in [1.165, 1.54) is 33.1 Å². The van der Waals surface area contributed by atoms with Crippen LogP contribution in [-0.4, -0.2) is 217 Å². The number of rotatable bonds is 26. The highest BCUT2D eigenvalue weighted by Crippen LogP contribution is 2.33. The Balaban J connectivity index is 0.000000231. The Bertz CT molecular complexity index is 3150. The number of nitrogens with one attached hydrogen (secondary N) is 2. The molecule has 2 atom stereocenters. The maximum Gasteiger partial charge on any atom is 0.279 e. The van der Waals surface area contributed by atoms with Crippen LogP contribution in [0.2, 0.25) is 0 Å². The summed E-state index contributed by atoms with van der Waals surface area (Å²) >= 11 is 0. The molecule has 2 unspecified atom stereocenters. The number of aromatic nitrogens is 10. The molecule has 0 aromatic carbocycles. The number of hydrogen-bond donors (Lipinski definition) is 2. The predicted molar refractivity (Wildman–Crippen MR) is 300 cm³/mol. The highest BCUT2D eigenvalue weighted by Gasteiger charge is 2.33. The number of sulfonamides is 2. The van der Waals surface area contributed by atoms with Crippen LogP contribution in [0.15, 0.2) is 43.9 Å². The molecule has 2 aliphatic heterocycles. The summed E-state index contributed by atoms with van der Waals surface area (Å²) in [7, 11) is -1.35. The first kappa shape index (κ1) is 61.8. The number of aromatic amines is 2. The van der Waals surface area contributed by atoms with Crippen molar-refractivity contribution in [3.63, 3.8) is 0 Å². The molecule has 0 aliphatic carbocycles. The minimum absolute atomic E-state index is 0.00603. The van der Waals surface area contributed by atoms with Crippen LogP contribution in [0.25, 0.3) is 44.8 Å². The third-order valence-electron chi connectivity index (χ3n) is 13.8. The fourth-order valence-electron chi connectivity index (χ4n) is 9.54. The van der Waals surface area contributed by atoms with Gasteiger partial charge < -0.3 is 48.2 Å². The smallest absolute Gasteiger partial charge is 0.279 e. The third kappa shape index (κ3) is 14.3. The Morgan fingerprint density at radius 1 is 0.550 bits per heavy atom. The lowest BCUT2D eigenvalue weighted by atomic mass is 10.2. The number of pyridine rings is 2. The summed E-state index contributed by atoms with van der Waals surface area (Å²) < 4.78 is 93.7. The Hall–Kier alpha value is -5.82. The van der Waals surface area contributed by atoms with Gasteiger partial charge in [-0.25, -0.2) is 36.8 Å². The van der Waals surface area contributed by atoms with Gasteiger partial charge in [0.1, 0.15) is 44.7 Å². The molecule has 80 heavy (non-hydrogen) atoms. The van der Waals surface area contributed by atoms with Crippen LogP contribution >= 0.6 is 0 Å². The maximum atomic E-state index is 13.6. The predicted octanol–water partition coefficient (Wildman–Crippen LogP) is 3.04. The molecular formula is C52H78N14O12S2. The molecule has 28 heteroatoms. The molecule has 8 rings (SSSR count). The maximum absolute atomic E-state index is 13.6. The minimum Gasteiger partial charge on any atom is -0.472 e. The first-order valence-corrected chi connectivity index (χ1v) is 30.1. The Kier molecular flexibility index (Phi) is 21.8. The molecule has 0 saturated carbocycles. The molecule has 0 radical (unpaired) electrons. The third-order valence-corrected chi connectivity index (χ3v) is 17.5. The topological polar surface area (TPSA) is 290 Å². The van der Waals surface area contributed by atoms with Crippen molar-refractivity contribution in [1.29, 1.82) is 0 Å². The quantitative estimate of drug-likeness (QED) is 0.0789. The van der Waals surface area contributed by atoms with Gasteiger partial charge in [0.25, 0.3) is 11.1 Å². The molecule has 2 aliphatic rings. The molecule has 440 valence electrons. The second-order valence-electron chi connectivity index (χ2n) is 19.5. The zero-order valence-corrected chi connectivity index (χ0v) is 49.3. The molecule has 2 N–H and O–H groups in total. The van der Waals surface area contributed by atoms with Gasteiger partial charge in [-0.1, -0.05) is 40.5 Å². The lowest BCUT2D eigenvalue weighted by molar-refractivity contribution is 0.0892. The van der Waals surface area contributed by atoms with Gasteiger partial charge in [-0.15, -0.1) is 0 Å². The average Bonchev–Trinajstić information content (AvgIpc) is 4.13. The van der Waals surface area contributed by atoms with Gasteiger partial charge in [-0.2, -0.15) is 18.8 Å². The van der Waals surface area contributed by atoms with E-state index in [9.17, 15) is 26.4 Å². The molecule has 0 bridgehead atoms. The second-order valence-corrected chi connectivity index (χ2v) is 23.4. The zero-order chi connectivity index (χ0) is 57.7. The van der Waals surface area contributed by atoms with Crippen LogP contribution in [0.1, 0.15) is 65.8 Å². The lowest BCUT2D eigenvalue weighted by Gasteiger charge is -2.33. The van der Waals surface area contributed by atoms with Crippen molar-refractivity contribution < 1.29 is 45.3 Å². The van der Waals surface area contributed by atoms with Crippen LogP contribution in [-0.2, 0) is 64.9 Å². The molecule has 26 nitrogen and oxygen atoms in total. The first-order chi connectivity index (χ1) is 38.5. The number of likely N-dealkylation sites (N-methyl/N-ethyl adjacent to an activating group) is 2. The number of methoxy groups -OCH3 is 4. The first-order valence-electron chi connectivity index (χ1n) is 27.2. The van der Waals surface area contributed by atoms with Crippen molar-refractivity contribution in [2.24, 2.45) is 0 Å². The van der Waals surface area contributed by atoms with Crippen molar-refractivity contribution in [3.05, 3.63) is 56.6 Å². The SMILES string of the molecule is CCCc1c2nc(-c3cc(S(=O)(=O)N4CCN(CC)CC4)cnc3OC(C)COC)[nH]c(=O)c2nn1CCOC.CCCc1c2nc(-c3cc(S(=O)(=O)N4CCN(CC)CC4)cnc3OC(C)COC)[nH]c(=O)c2nn1CCOC. The molecular weight excluding hydrogens is 1080 g/mol. The van der Waals surface area contributed by atoms with Crippen LogP contribution < -0.4 is 20.6 Å². The van der Waals surface area contributed by atoms with Gasteiger partial charge in [0, 0.05) is 80.8 Å². The Labute approximate surface area is 467 Å². The normalized spacial score (nSPS) is 16.0. The van der Waals surface area contributed by atoms with Crippen molar-refractivity contribution in [2.75, 3.05) is 120 Å². The van der Waals surface area contributed by atoms with Crippen LogP contribution in [0.3, 0.4) is 0 Å². The number of hydrogen-bond acceptors (Lipinski definition) is 20. The van der Waals surface area contributed by atoms with Crippen LogP contribution in [0.5, 0.6) is 11.8 Å². The second kappa shape index (κ2) is 28.2. The van der Waals surface area contributed by atoms with E-state index in [-0.39, 0.29) is 67.6 Å². The lowest BCUT2D eigenvalue weighted by Crippen LogP contribution is -2.48. The van der Waals surface area contributed by atoms with E-state index in [4.69, 9.17) is 38.4 Å². The van der Waals surface area contributed by atoms with Crippen molar-refractivity contribution >= 4 is 42.1 Å². The largest absolute Gasteiger partial charge is 0.472 e. The number of nitrogens with zero attached hydrogens (tertiary/aromatic N) is 12. The molecule has 6 aromatic rings. The summed E-state index contributed by atoms with van der Waals surface area (Å²) in [6.45, 7) is 20.1. The molecule has 8 heterocycles. The van der Waals surface area contributed by atoms with Gasteiger partial charge in [0.2, 0.25) is 31.8 Å². The highest BCUT2D eigenvalue weighted by molar-refractivity contribution is 7.89. The molecule has 2 saturated heterocycles. The summed E-state index contributed by atoms with van der Waals surface area (Å²) in [5, 5.41) is 8.98. The summed E-state index contributed by atoms with van der Waals surface area (Å²) in [4.78, 5) is 54.8. The molecule has 0 amide bonds. The Morgan fingerprint density at radius 3 is 1.25 bits per heavy atom. The van der Waals surface area contributed by atoms with Crippen LogP contribution in [0.4, 0.5) is 0 Å². The number of fused-ring (bicyclic) bond motifs is 2. The molecule has 6 aromatic heterocycles. The average molecular weight is 1160 g/mol. The standard InChI is InChI=1S/2C26H39N7O6S/c2*1-6-8-21-22-23(30-33(21)13-14-37-4)25(34)29-24(28-22)20-15-19(16-27-26(20)39-18(3)17-38-5)40(35,36)32-11-9-31(7-2)10-12-32/h2*15-16,18H,6-14,17H2,1-5H3,(H,28,29,34). The number of H-pyrrole nitrogens is 2. The summed E-state index contributed by atoms with van der Waals surface area (Å²) in [5.74, 6) is 0.596. The van der Waals surface area contributed by atoms with Crippen molar-refractivity contribution in [1.82, 2.24) is 67.9 Å². The van der Waals surface area contributed by atoms with Gasteiger partial charge in [-0.3, -0.25) is 19.0 Å². The summed E-state index contributed by atoms with van der Waals surface area (Å²) in [6.07, 6.45) is 4.76. The number of ether oxygens (including phenoxy) is 6. The van der Waals surface area contributed by atoms with Crippen molar-refractivity contribution in [3.8, 4) is 34.5 Å². The fourth-order valence-corrected chi connectivity index (χ4v) is 12.3. The summed E-state index contributed by atoms with van der Waals surface area (Å²) in [6, 6.07) is 2.95. The molecule has 2 fully saturated rings. The zero-order valence-electron chi connectivity index (χ0n) is 47.7. The van der Waals surface area contributed by atoms with E-state index in [0.29, 0.717) is 116 Å². The molecule has 0 spiro atoms. The van der Waals surface area contributed by atoms with Crippen LogP contribution in [0, 0.1) is 0 Å². The van der Waals surface area contributed by atoms with E-state index in [0.717, 1.165) is 37.3 Å². The van der Waals surface area contributed by atoms with E-state index in [1.54, 1.807) is 37.8 Å². The fraction of sp³-hybridized carbons (Fsp3) is 0.615. The van der Waals surface area contributed by atoms with Gasteiger partial charge in [0.15, 0.2) is 11.0 Å². The number of aryl methyl sites for hydroxylation is 2. The minimum atomic E-state index is -3.84. The summed E-state index contributed by atoms with van der Waals surface area (Å²) in [5.41, 5.74) is 2.61. The van der Waals surface area contributed by atoms with Gasteiger partial charge in [0.05, 0.1) is 74.4 Å². The number of piperazine rings is 2. The van der Waals surface area contributed by atoms with E-state index < -0.39 is 31.2 Å². The monoisotopic (exact) mass is 1150 g/mol. The Morgan fingerprint density at radius 2 is 0.925 bits per heavy atom. The van der Waals surface area contributed by atoms with Gasteiger partial charge >= 0.3 is 0 Å². The van der Waals surface area contributed by atoms with Crippen molar-refractivity contribution in [2.45, 2.75) is 102 Å². The van der Waals surface area contributed by atoms with Gasteiger partial charge in [-0.05, 0) is 51.9 Å². The highest BCUT2D eigenvalue weighted by atomic mass is 32.2.